The molecule has 0 unspecified atom stereocenters. The predicted molar refractivity (Wildman–Crippen MR) is 90.4 cm³/mol. The summed E-state index contributed by atoms with van der Waals surface area (Å²) in [5, 5.41) is 3.24. The quantitative estimate of drug-likeness (QED) is 0.799. The summed E-state index contributed by atoms with van der Waals surface area (Å²) >= 11 is 5.01. The van der Waals surface area contributed by atoms with E-state index in [0.717, 1.165) is 41.5 Å². The van der Waals surface area contributed by atoms with Gasteiger partial charge in [-0.25, -0.2) is 4.98 Å². The van der Waals surface area contributed by atoms with Crippen molar-refractivity contribution in [2.75, 3.05) is 11.9 Å². The molecular formula is C16H19N3OS. The molecule has 2 aromatic rings. The summed E-state index contributed by atoms with van der Waals surface area (Å²) in [5.74, 6) is 1.59. The van der Waals surface area contributed by atoms with Gasteiger partial charge in [0, 0.05) is 16.9 Å². The highest BCUT2D eigenvalue weighted by Crippen LogP contribution is 2.20. The number of nitrogens with two attached hydrogens (primary N) is 1. The fraction of sp³-hybridized carbons (Fsp3) is 0.250. The zero-order chi connectivity index (χ0) is 15.2. The third kappa shape index (κ3) is 4.43. The van der Waals surface area contributed by atoms with E-state index in [1.807, 2.05) is 43.3 Å². The van der Waals surface area contributed by atoms with E-state index in [1.54, 1.807) is 0 Å². The number of pyridine rings is 1. The molecule has 0 spiro atoms. The van der Waals surface area contributed by atoms with Gasteiger partial charge in [-0.05, 0) is 49.7 Å². The first-order chi connectivity index (χ1) is 10.1. The maximum Gasteiger partial charge on any atom is 0.131 e. The van der Waals surface area contributed by atoms with Crippen molar-refractivity contribution in [3.05, 3.63) is 47.7 Å². The molecule has 3 N–H and O–H groups in total. The molecule has 21 heavy (non-hydrogen) atoms. The van der Waals surface area contributed by atoms with E-state index in [-0.39, 0.29) is 0 Å². The summed E-state index contributed by atoms with van der Waals surface area (Å²) in [7, 11) is 0. The third-order valence-corrected chi connectivity index (χ3v) is 3.07. The summed E-state index contributed by atoms with van der Waals surface area (Å²) in [4.78, 5) is 4.79. The largest absolute Gasteiger partial charge is 0.494 e. The third-order valence-electron chi connectivity index (χ3n) is 2.84. The molecule has 2 rings (SSSR count). The lowest BCUT2D eigenvalue weighted by Gasteiger charge is -2.10. The first-order valence-corrected chi connectivity index (χ1v) is 7.27. The second-order valence-electron chi connectivity index (χ2n) is 4.74. The van der Waals surface area contributed by atoms with E-state index in [0.29, 0.717) is 4.99 Å². The fourth-order valence-corrected chi connectivity index (χ4v) is 1.99. The Morgan fingerprint density at radius 3 is 2.62 bits per heavy atom. The Bertz CT molecular complexity index is 626. The smallest absolute Gasteiger partial charge is 0.131 e. The summed E-state index contributed by atoms with van der Waals surface area (Å²) in [5.41, 5.74) is 8.28. The van der Waals surface area contributed by atoms with Crippen LogP contribution in [0.25, 0.3) is 0 Å². The Labute approximate surface area is 130 Å². The molecule has 0 aliphatic rings. The van der Waals surface area contributed by atoms with E-state index in [4.69, 9.17) is 22.7 Å². The monoisotopic (exact) mass is 301 g/mol. The normalized spacial score (nSPS) is 10.2. The van der Waals surface area contributed by atoms with Crippen LogP contribution in [-0.4, -0.2) is 16.6 Å². The van der Waals surface area contributed by atoms with E-state index in [9.17, 15) is 0 Å². The van der Waals surface area contributed by atoms with E-state index in [2.05, 4.69) is 17.2 Å². The van der Waals surface area contributed by atoms with Gasteiger partial charge in [0.2, 0.25) is 0 Å². The number of ether oxygens (including phenoxy) is 1. The Morgan fingerprint density at radius 2 is 2.00 bits per heavy atom. The number of aromatic nitrogens is 1. The molecule has 1 aromatic heterocycles. The van der Waals surface area contributed by atoms with Crippen LogP contribution in [0.1, 0.15) is 24.6 Å². The van der Waals surface area contributed by atoms with Crippen molar-refractivity contribution in [2.45, 2.75) is 20.3 Å². The number of hydrogen-bond acceptors (Lipinski definition) is 4. The van der Waals surface area contributed by atoms with Gasteiger partial charge >= 0.3 is 0 Å². The molecule has 110 valence electrons. The first-order valence-electron chi connectivity index (χ1n) is 6.87. The molecular weight excluding hydrogens is 282 g/mol. The molecule has 0 radical (unpaired) electrons. The van der Waals surface area contributed by atoms with Crippen LogP contribution in [0.2, 0.25) is 0 Å². The number of nitrogens with zero attached hydrogens (tertiary/aromatic N) is 1. The minimum atomic E-state index is 0.367. The van der Waals surface area contributed by atoms with Crippen molar-refractivity contribution in [1.29, 1.82) is 0 Å². The van der Waals surface area contributed by atoms with Gasteiger partial charge in [0.1, 0.15) is 16.6 Å². The van der Waals surface area contributed by atoms with Crippen LogP contribution < -0.4 is 15.8 Å². The van der Waals surface area contributed by atoms with Crippen LogP contribution in [-0.2, 0) is 0 Å². The molecule has 1 aromatic carbocycles. The minimum Gasteiger partial charge on any atom is -0.494 e. The number of benzene rings is 1. The van der Waals surface area contributed by atoms with Crippen LogP contribution in [0.5, 0.6) is 5.75 Å². The average Bonchev–Trinajstić information content (AvgIpc) is 2.46. The van der Waals surface area contributed by atoms with Crippen LogP contribution >= 0.6 is 12.2 Å². The average molecular weight is 301 g/mol. The van der Waals surface area contributed by atoms with Crippen molar-refractivity contribution >= 4 is 28.7 Å². The maximum absolute atomic E-state index is 5.67. The molecule has 0 aliphatic carbocycles. The fourth-order valence-electron chi connectivity index (χ4n) is 1.88. The maximum atomic E-state index is 5.67. The minimum absolute atomic E-state index is 0.367. The number of nitrogens with one attached hydrogen (secondary N) is 1. The molecule has 0 saturated heterocycles. The van der Waals surface area contributed by atoms with Crippen LogP contribution in [0.15, 0.2) is 36.4 Å². The molecule has 4 nitrogen and oxygen atoms in total. The van der Waals surface area contributed by atoms with E-state index < -0.39 is 0 Å². The van der Waals surface area contributed by atoms with Gasteiger partial charge in [-0.3, -0.25) is 0 Å². The number of thiocarbonyl (C=S) groups is 1. The Hall–Kier alpha value is -2.14. The molecule has 0 fully saturated rings. The molecule has 5 heteroatoms. The van der Waals surface area contributed by atoms with Gasteiger partial charge < -0.3 is 15.8 Å². The first kappa shape index (κ1) is 15.3. The second-order valence-corrected chi connectivity index (χ2v) is 5.18. The van der Waals surface area contributed by atoms with Gasteiger partial charge in [0.25, 0.3) is 0 Å². The lowest BCUT2D eigenvalue weighted by atomic mass is 10.2. The Balaban J connectivity index is 2.12. The van der Waals surface area contributed by atoms with Crippen molar-refractivity contribution in [3.63, 3.8) is 0 Å². The number of rotatable bonds is 6. The molecule has 0 aliphatic heterocycles. The molecule has 0 saturated carbocycles. The molecule has 0 bridgehead atoms. The standard InChI is InChI=1S/C16H19N3OS/c1-3-8-20-14-6-4-13(5-7-14)19-15-10-12(16(17)21)9-11(2)18-15/h4-7,9-10H,3,8H2,1-2H3,(H2,17,21)(H,18,19). The van der Waals surface area contributed by atoms with Crippen molar-refractivity contribution < 1.29 is 4.74 Å². The van der Waals surface area contributed by atoms with Gasteiger partial charge in [0.15, 0.2) is 0 Å². The highest BCUT2D eigenvalue weighted by atomic mass is 32.1. The highest BCUT2D eigenvalue weighted by molar-refractivity contribution is 7.80. The van der Waals surface area contributed by atoms with Gasteiger partial charge in [-0.15, -0.1) is 0 Å². The van der Waals surface area contributed by atoms with Crippen LogP contribution in [0, 0.1) is 6.92 Å². The summed E-state index contributed by atoms with van der Waals surface area (Å²) in [6.07, 6.45) is 0.995. The zero-order valence-electron chi connectivity index (χ0n) is 12.2. The van der Waals surface area contributed by atoms with Gasteiger partial charge in [-0.2, -0.15) is 0 Å². The lowest BCUT2D eigenvalue weighted by molar-refractivity contribution is 0.317. The summed E-state index contributed by atoms with van der Waals surface area (Å²) in [6.45, 7) is 4.72. The zero-order valence-corrected chi connectivity index (χ0v) is 13.0. The Kier molecular flexibility index (Phi) is 5.11. The lowest BCUT2D eigenvalue weighted by Crippen LogP contribution is -2.10. The van der Waals surface area contributed by atoms with E-state index >= 15 is 0 Å². The predicted octanol–water partition coefficient (Wildman–Crippen LogP) is 3.56. The van der Waals surface area contributed by atoms with Crippen molar-refractivity contribution in [3.8, 4) is 5.75 Å². The number of hydrogen-bond donors (Lipinski definition) is 2. The Morgan fingerprint density at radius 1 is 1.29 bits per heavy atom. The number of aryl methyl sites for hydroxylation is 1. The van der Waals surface area contributed by atoms with Crippen LogP contribution in [0.3, 0.4) is 0 Å². The number of anilines is 2. The van der Waals surface area contributed by atoms with Crippen LogP contribution in [0.4, 0.5) is 11.5 Å². The highest BCUT2D eigenvalue weighted by Gasteiger charge is 2.03. The van der Waals surface area contributed by atoms with Gasteiger partial charge in [0.05, 0.1) is 6.61 Å². The second kappa shape index (κ2) is 7.04. The van der Waals surface area contributed by atoms with Crippen molar-refractivity contribution in [2.24, 2.45) is 5.73 Å². The molecule has 0 amide bonds. The summed E-state index contributed by atoms with van der Waals surface area (Å²) < 4.78 is 5.55. The van der Waals surface area contributed by atoms with E-state index in [1.165, 1.54) is 0 Å². The topological polar surface area (TPSA) is 60.2 Å². The summed E-state index contributed by atoms with van der Waals surface area (Å²) in [6, 6.07) is 11.5. The SMILES string of the molecule is CCCOc1ccc(Nc2cc(C(N)=S)cc(C)n2)cc1. The molecule has 0 atom stereocenters. The molecule has 1 heterocycles. The van der Waals surface area contributed by atoms with Gasteiger partial charge in [-0.1, -0.05) is 19.1 Å². The van der Waals surface area contributed by atoms with Crippen molar-refractivity contribution in [1.82, 2.24) is 4.98 Å².